The molecule has 1 aromatic rings. The van der Waals surface area contributed by atoms with Crippen LogP contribution in [0.15, 0.2) is 18.2 Å². The number of carbonyl (C=O) groups excluding carboxylic acids is 1. The van der Waals surface area contributed by atoms with Gasteiger partial charge < -0.3 is 9.64 Å². The molecule has 0 N–H and O–H groups in total. The van der Waals surface area contributed by atoms with Gasteiger partial charge in [0, 0.05) is 39.3 Å². The number of hydrogen-bond donors (Lipinski definition) is 0. The maximum atomic E-state index is 13.1. The number of esters is 1. The van der Waals surface area contributed by atoms with E-state index in [0.717, 1.165) is 44.8 Å². The van der Waals surface area contributed by atoms with Crippen LogP contribution in [0, 0.1) is 5.82 Å². The molecule has 0 unspecified atom stereocenters. The summed E-state index contributed by atoms with van der Waals surface area (Å²) in [5.74, 6) is -0.550. The molecule has 1 aliphatic heterocycles. The lowest BCUT2D eigenvalue weighted by Crippen LogP contribution is -2.46. The second-order valence-corrected chi connectivity index (χ2v) is 5.60. The molecule has 1 heterocycles. The first kappa shape index (κ1) is 16.2. The molecule has 1 fully saturated rings. The number of halogens is 2. The molecule has 0 aromatic heterocycles. The number of nitrogens with zero attached hydrogens (tertiary/aromatic N) is 2. The molecule has 0 amide bonds. The van der Waals surface area contributed by atoms with Crippen molar-refractivity contribution in [3.05, 3.63) is 34.6 Å². The highest BCUT2D eigenvalue weighted by atomic mass is 35.5. The van der Waals surface area contributed by atoms with Crippen molar-refractivity contribution in [3.8, 4) is 0 Å². The summed E-state index contributed by atoms with van der Waals surface area (Å²) >= 11 is 5.79. The maximum Gasteiger partial charge on any atom is 0.306 e. The number of ether oxygens (including phenoxy) is 1. The predicted molar refractivity (Wildman–Crippen MR) is 79.8 cm³/mol. The van der Waals surface area contributed by atoms with Crippen molar-refractivity contribution in [1.29, 1.82) is 0 Å². The van der Waals surface area contributed by atoms with E-state index in [-0.39, 0.29) is 16.8 Å². The molecule has 0 radical (unpaired) electrons. The van der Waals surface area contributed by atoms with E-state index < -0.39 is 0 Å². The third-order valence-electron chi connectivity index (χ3n) is 3.71. The maximum absolute atomic E-state index is 13.1. The fourth-order valence-corrected chi connectivity index (χ4v) is 2.62. The highest BCUT2D eigenvalue weighted by molar-refractivity contribution is 6.30. The number of benzene rings is 1. The van der Waals surface area contributed by atoms with E-state index >= 15 is 0 Å². The summed E-state index contributed by atoms with van der Waals surface area (Å²) < 4.78 is 17.8. The summed E-state index contributed by atoms with van der Waals surface area (Å²) in [5, 5.41) is 0.171. The summed E-state index contributed by atoms with van der Waals surface area (Å²) in [6, 6.07) is 4.86. The van der Waals surface area contributed by atoms with E-state index in [1.54, 1.807) is 12.1 Å². The van der Waals surface area contributed by atoms with E-state index in [1.807, 2.05) is 0 Å². The average Bonchev–Trinajstić information content (AvgIpc) is 2.50. The zero-order chi connectivity index (χ0) is 15.2. The van der Waals surface area contributed by atoms with E-state index in [2.05, 4.69) is 14.5 Å². The summed E-state index contributed by atoms with van der Waals surface area (Å²) in [5.41, 5.74) is 1.02. The first-order chi connectivity index (χ1) is 10.1. The molecular weight excluding hydrogens is 295 g/mol. The molecule has 0 spiro atoms. The minimum atomic E-state index is -0.381. The van der Waals surface area contributed by atoms with Crippen molar-refractivity contribution in [3.63, 3.8) is 0 Å². The first-order valence-corrected chi connectivity index (χ1v) is 7.41. The standard InChI is InChI=1S/C15H20ClFN2O2/c1-21-15(20)4-5-18-6-8-19(9-7-18)11-12-2-3-14(17)13(16)10-12/h2-3,10H,4-9,11H2,1H3. The van der Waals surface area contributed by atoms with Gasteiger partial charge in [-0.3, -0.25) is 9.69 Å². The van der Waals surface area contributed by atoms with Crippen LogP contribution in [0.25, 0.3) is 0 Å². The lowest BCUT2D eigenvalue weighted by Gasteiger charge is -2.34. The van der Waals surface area contributed by atoms with Crippen molar-refractivity contribution in [2.24, 2.45) is 0 Å². The Hall–Kier alpha value is -1.17. The van der Waals surface area contributed by atoms with Gasteiger partial charge in [-0.1, -0.05) is 17.7 Å². The number of rotatable bonds is 5. The highest BCUT2D eigenvalue weighted by Gasteiger charge is 2.18. The van der Waals surface area contributed by atoms with Crippen molar-refractivity contribution in [1.82, 2.24) is 9.80 Å². The Morgan fingerprint density at radius 3 is 2.57 bits per heavy atom. The smallest absolute Gasteiger partial charge is 0.306 e. The van der Waals surface area contributed by atoms with Gasteiger partial charge in [0.05, 0.1) is 18.6 Å². The molecule has 1 aliphatic rings. The molecular formula is C15H20ClFN2O2. The Morgan fingerprint density at radius 1 is 1.29 bits per heavy atom. The zero-order valence-electron chi connectivity index (χ0n) is 12.1. The number of hydrogen-bond acceptors (Lipinski definition) is 4. The van der Waals surface area contributed by atoms with E-state index in [4.69, 9.17) is 11.6 Å². The Morgan fingerprint density at radius 2 is 1.95 bits per heavy atom. The minimum Gasteiger partial charge on any atom is -0.469 e. The Kier molecular flexibility index (Phi) is 5.96. The topological polar surface area (TPSA) is 32.8 Å². The molecule has 6 heteroatoms. The van der Waals surface area contributed by atoms with Gasteiger partial charge in [-0.25, -0.2) is 4.39 Å². The van der Waals surface area contributed by atoms with Crippen LogP contribution in [-0.4, -0.2) is 55.6 Å². The molecule has 116 valence electrons. The monoisotopic (exact) mass is 314 g/mol. The largest absolute Gasteiger partial charge is 0.469 e. The number of carbonyl (C=O) groups is 1. The highest BCUT2D eigenvalue weighted by Crippen LogP contribution is 2.17. The minimum absolute atomic E-state index is 0.168. The molecule has 1 aromatic carbocycles. The predicted octanol–water partition coefficient (Wildman–Crippen LogP) is 2.16. The van der Waals surface area contributed by atoms with E-state index in [0.29, 0.717) is 6.42 Å². The molecule has 4 nitrogen and oxygen atoms in total. The van der Waals surface area contributed by atoms with Gasteiger partial charge in [0.2, 0.25) is 0 Å². The van der Waals surface area contributed by atoms with Crippen molar-refractivity contribution in [2.45, 2.75) is 13.0 Å². The van der Waals surface area contributed by atoms with Crippen molar-refractivity contribution in [2.75, 3.05) is 39.8 Å². The van der Waals surface area contributed by atoms with Gasteiger partial charge in [-0.2, -0.15) is 0 Å². The van der Waals surface area contributed by atoms with Gasteiger partial charge in [0.15, 0.2) is 0 Å². The normalized spacial score (nSPS) is 16.9. The molecule has 0 saturated carbocycles. The van der Waals surface area contributed by atoms with Gasteiger partial charge >= 0.3 is 5.97 Å². The third-order valence-corrected chi connectivity index (χ3v) is 4.00. The summed E-state index contributed by atoms with van der Waals surface area (Å²) in [4.78, 5) is 15.7. The van der Waals surface area contributed by atoms with Crippen LogP contribution >= 0.6 is 11.6 Å². The van der Waals surface area contributed by atoms with Crippen LogP contribution in [0.1, 0.15) is 12.0 Å². The van der Waals surface area contributed by atoms with Gasteiger partial charge in [-0.05, 0) is 17.7 Å². The first-order valence-electron chi connectivity index (χ1n) is 7.04. The molecule has 0 atom stereocenters. The fourth-order valence-electron chi connectivity index (χ4n) is 2.42. The van der Waals surface area contributed by atoms with Crippen molar-refractivity contribution >= 4 is 17.6 Å². The third kappa shape index (κ3) is 4.95. The fraction of sp³-hybridized carbons (Fsp3) is 0.533. The zero-order valence-corrected chi connectivity index (χ0v) is 12.9. The quantitative estimate of drug-likeness (QED) is 0.780. The van der Waals surface area contributed by atoms with Crippen LogP contribution in [0.4, 0.5) is 4.39 Å². The number of piperazine rings is 1. The van der Waals surface area contributed by atoms with Crippen LogP contribution in [0.3, 0.4) is 0 Å². The van der Waals surface area contributed by atoms with Gasteiger partial charge in [0.25, 0.3) is 0 Å². The Balaban J connectivity index is 1.76. The second kappa shape index (κ2) is 7.73. The van der Waals surface area contributed by atoms with Crippen LogP contribution in [0.2, 0.25) is 5.02 Å². The van der Waals surface area contributed by atoms with Crippen LogP contribution in [-0.2, 0) is 16.1 Å². The molecule has 0 bridgehead atoms. The second-order valence-electron chi connectivity index (χ2n) is 5.19. The Labute approximate surface area is 129 Å². The Bertz CT molecular complexity index is 491. The lowest BCUT2D eigenvalue weighted by atomic mass is 10.2. The average molecular weight is 315 g/mol. The van der Waals surface area contributed by atoms with Gasteiger partial charge in [-0.15, -0.1) is 0 Å². The molecule has 2 rings (SSSR count). The number of methoxy groups -OCH3 is 1. The summed E-state index contributed by atoms with van der Waals surface area (Å²) in [6.45, 7) is 5.21. The SMILES string of the molecule is COC(=O)CCN1CCN(Cc2ccc(F)c(Cl)c2)CC1. The van der Waals surface area contributed by atoms with Crippen LogP contribution in [0.5, 0.6) is 0 Å². The molecule has 21 heavy (non-hydrogen) atoms. The van der Waals surface area contributed by atoms with E-state index in [9.17, 15) is 9.18 Å². The lowest BCUT2D eigenvalue weighted by molar-refractivity contribution is -0.141. The van der Waals surface area contributed by atoms with Gasteiger partial charge in [0.1, 0.15) is 5.82 Å². The molecule has 1 saturated heterocycles. The summed E-state index contributed by atoms with van der Waals surface area (Å²) in [6.07, 6.45) is 0.435. The molecule has 0 aliphatic carbocycles. The van der Waals surface area contributed by atoms with Crippen LogP contribution < -0.4 is 0 Å². The van der Waals surface area contributed by atoms with Crippen molar-refractivity contribution < 1.29 is 13.9 Å². The van der Waals surface area contributed by atoms with E-state index in [1.165, 1.54) is 13.2 Å². The summed E-state index contributed by atoms with van der Waals surface area (Å²) in [7, 11) is 1.41.